The Bertz CT molecular complexity index is 1030. The molecule has 2 unspecified atom stereocenters. The number of rotatable bonds is 4. The van der Waals surface area contributed by atoms with Gasteiger partial charge in [-0.2, -0.15) is 4.98 Å². The number of methoxy groups -OCH3 is 1. The zero-order valence-corrected chi connectivity index (χ0v) is 17.4. The van der Waals surface area contributed by atoms with Crippen molar-refractivity contribution in [2.24, 2.45) is 0 Å². The predicted octanol–water partition coefficient (Wildman–Crippen LogP) is 4.44. The van der Waals surface area contributed by atoms with Gasteiger partial charge in [0.15, 0.2) is 5.82 Å². The minimum Gasteiger partial charge on any atom is -0.496 e. The monoisotopic (exact) mass is 414 g/mol. The topological polar surface area (TPSA) is 84.2 Å². The number of likely N-dealkylation sites (tertiary alicyclic amines) is 1. The lowest BCUT2D eigenvalue weighted by atomic mass is 9.92. The third-order valence-corrected chi connectivity index (χ3v) is 5.63. The highest BCUT2D eigenvalue weighted by atomic mass is 35.5. The Kier molecular flexibility index (Phi) is 5.32. The van der Waals surface area contributed by atoms with Crippen LogP contribution in [0.15, 0.2) is 35.0 Å². The molecule has 0 aliphatic carbocycles. The van der Waals surface area contributed by atoms with Crippen LogP contribution in [0.1, 0.15) is 47.4 Å². The summed E-state index contributed by atoms with van der Waals surface area (Å²) in [6.07, 6.45) is 3.42. The van der Waals surface area contributed by atoms with Gasteiger partial charge in [-0.1, -0.05) is 22.8 Å². The Labute approximate surface area is 174 Å². The maximum atomic E-state index is 13.3. The number of ether oxygens (including phenoxy) is 1. The highest BCUT2D eigenvalue weighted by molar-refractivity contribution is 6.30. The number of aryl methyl sites for hydroxylation is 1. The molecular formula is C21H23ClN4O3. The van der Waals surface area contributed by atoms with E-state index < -0.39 is 0 Å². The third kappa shape index (κ3) is 3.87. The van der Waals surface area contributed by atoms with Crippen molar-refractivity contribution < 1.29 is 14.1 Å². The van der Waals surface area contributed by atoms with Gasteiger partial charge in [-0.25, -0.2) is 0 Å². The molecule has 7 nitrogen and oxygen atoms in total. The van der Waals surface area contributed by atoms with Gasteiger partial charge in [-0.3, -0.25) is 4.79 Å². The van der Waals surface area contributed by atoms with Crippen molar-refractivity contribution in [3.8, 4) is 17.3 Å². The summed E-state index contributed by atoms with van der Waals surface area (Å²) in [4.78, 5) is 22.7. The van der Waals surface area contributed by atoms with Gasteiger partial charge in [0.1, 0.15) is 11.4 Å². The molecule has 1 fully saturated rings. The van der Waals surface area contributed by atoms with Crippen molar-refractivity contribution in [1.82, 2.24) is 20.0 Å². The summed E-state index contributed by atoms with van der Waals surface area (Å²) in [5, 5.41) is 4.73. The first-order chi connectivity index (χ1) is 14.0. The molecule has 1 N–H and O–H groups in total. The summed E-state index contributed by atoms with van der Waals surface area (Å²) in [6, 6.07) is 7.50. The van der Waals surface area contributed by atoms with Gasteiger partial charge >= 0.3 is 0 Å². The maximum absolute atomic E-state index is 13.3. The molecule has 29 heavy (non-hydrogen) atoms. The average Bonchev–Trinajstić information content (AvgIpc) is 3.37. The number of nitrogens with zero attached hydrogens (tertiary/aromatic N) is 3. The van der Waals surface area contributed by atoms with Crippen LogP contribution in [-0.4, -0.2) is 45.6 Å². The second kappa shape index (κ2) is 7.91. The average molecular weight is 415 g/mol. The molecule has 152 valence electrons. The molecule has 0 spiro atoms. The zero-order chi connectivity index (χ0) is 20.5. The van der Waals surface area contributed by atoms with Crippen LogP contribution >= 0.6 is 11.6 Å². The minimum atomic E-state index is -0.0427. The van der Waals surface area contributed by atoms with Crippen molar-refractivity contribution >= 4 is 17.5 Å². The van der Waals surface area contributed by atoms with Gasteiger partial charge in [-0.05, 0) is 50.5 Å². The minimum absolute atomic E-state index is 0.00882. The van der Waals surface area contributed by atoms with Crippen LogP contribution in [0.25, 0.3) is 11.6 Å². The normalized spacial score (nSPS) is 19.4. The van der Waals surface area contributed by atoms with Crippen molar-refractivity contribution in [2.45, 2.75) is 38.6 Å². The number of benzene rings is 1. The Balaban J connectivity index is 1.56. The summed E-state index contributed by atoms with van der Waals surface area (Å²) in [5.41, 5.74) is 2.29. The van der Waals surface area contributed by atoms with Crippen LogP contribution in [-0.2, 0) is 0 Å². The van der Waals surface area contributed by atoms with Crippen molar-refractivity contribution in [1.29, 1.82) is 0 Å². The van der Waals surface area contributed by atoms with E-state index in [0.29, 0.717) is 40.3 Å². The van der Waals surface area contributed by atoms with Crippen molar-refractivity contribution in [3.05, 3.63) is 52.4 Å². The quantitative estimate of drug-likeness (QED) is 0.682. The first kappa shape index (κ1) is 19.5. The number of aromatic amines is 1. The van der Waals surface area contributed by atoms with Crippen LogP contribution in [0.2, 0.25) is 5.02 Å². The van der Waals surface area contributed by atoms with E-state index >= 15 is 0 Å². The van der Waals surface area contributed by atoms with E-state index in [-0.39, 0.29) is 17.9 Å². The fourth-order valence-corrected chi connectivity index (χ4v) is 3.90. The number of hydrogen-bond acceptors (Lipinski definition) is 5. The summed E-state index contributed by atoms with van der Waals surface area (Å²) in [7, 11) is 1.59. The molecular weight excluding hydrogens is 392 g/mol. The number of hydrogen-bond donors (Lipinski definition) is 1. The van der Waals surface area contributed by atoms with Gasteiger partial charge in [0, 0.05) is 24.7 Å². The van der Waals surface area contributed by atoms with Crippen LogP contribution < -0.4 is 4.74 Å². The number of aromatic nitrogens is 3. The molecule has 3 heterocycles. The smallest absolute Gasteiger partial charge is 0.274 e. The van der Waals surface area contributed by atoms with Gasteiger partial charge in [0.2, 0.25) is 0 Å². The highest BCUT2D eigenvalue weighted by Gasteiger charge is 2.33. The molecule has 8 heteroatoms. The fraction of sp³-hybridized carbons (Fsp3) is 0.381. The lowest BCUT2D eigenvalue weighted by Crippen LogP contribution is -2.45. The van der Waals surface area contributed by atoms with E-state index in [4.69, 9.17) is 20.9 Å². The van der Waals surface area contributed by atoms with Crippen LogP contribution in [0, 0.1) is 6.92 Å². The van der Waals surface area contributed by atoms with Gasteiger partial charge in [-0.15, -0.1) is 0 Å². The summed E-state index contributed by atoms with van der Waals surface area (Å²) < 4.78 is 10.8. The van der Waals surface area contributed by atoms with Gasteiger partial charge in [0.05, 0.1) is 17.7 Å². The Morgan fingerprint density at radius 2 is 2.17 bits per heavy atom. The number of piperidine rings is 1. The number of H-pyrrole nitrogens is 1. The van der Waals surface area contributed by atoms with Crippen molar-refractivity contribution in [3.63, 3.8) is 0 Å². The molecule has 1 aliphatic heterocycles. The Hall–Kier alpha value is -2.80. The Morgan fingerprint density at radius 3 is 2.90 bits per heavy atom. The molecule has 0 bridgehead atoms. The molecule has 2 atom stereocenters. The first-order valence-electron chi connectivity index (χ1n) is 9.59. The standard InChI is InChI=1S/C21H23ClN4O3/c1-12-4-7-16(18(8-12)28-3)21(27)26-11-14(6-5-13(26)2)19-24-20(29-25-19)17-9-15(22)10-23-17/h4,7-10,13-14,23H,5-6,11H2,1-3H3. The lowest BCUT2D eigenvalue weighted by molar-refractivity contribution is 0.0601. The Morgan fingerprint density at radius 1 is 1.34 bits per heavy atom. The second-order valence-corrected chi connectivity index (χ2v) is 7.91. The first-order valence-corrected chi connectivity index (χ1v) is 9.97. The maximum Gasteiger partial charge on any atom is 0.274 e. The third-order valence-electron chi connectivity index (χ3n) is 5.42. The molecule has 3 aromatic rings. The number of nitrogens with one attached hydrogen (secondary N) is 1. The van der Waals surface area contributed by atoms with Crippen LogP contribution in [0.5, 0.6) is 5.75 Å². The zero-order valence-electron chi connectivity index (χ0n) is 16.6. The molecule has 1 aliphatic rings. The van der Waals surface area contributed by atoms with Crippen LogP contribution in [0.3, 0.4) is 0 Å². The van der Waals surface area contributed by atoms with E-state index in [0.717, 1.165) is 18.4 Å². The number of carbonyl (C=O) groups is 1. The molecule has 0 saturated carbocycles. The van der Waals surface area contributed by atoms with E-state index in [9.17, 15) is 4.79 Å². The van der Waals surface area contributed by atoms with Gasteiger partial charge in [0.25, 0.3) is 11.8 Å². The molecule has 4 rings (SSSR count). The molecule has 1 amide bonds. The van der Waals surface area contributed by atoms with Gasteiger partial charge < -0.3 is 19.1 Å². The molecule has 1 saturated heterocycles. The second-order valence-electron chi connectivity index (χ2n) is 7.47. The molecule has 1 aromatic carbocycles. The van der Waals surface area contributed by atoms with E-state index in [2.05, 4.69) is 22.0 Å². The summed E-state index contributed by atoms with van der Waals surface area (Å²) in [6.45, 7) is 4.57. The van der Waals surface area contributed by atoms with E-state index in [1.165, 1.54) is 0 Å². The molecule has 0 radical (unpaired) electrons. The van der Waals surface area contributed by atoms with Crippen molar-refractivity contribution in [2.75, 3.05) is 13.7 Å². The fourth-order valence-electron chi connectivity index (χ4n) is 3.73. The highest BCUT2D eigenvalue weighted by Crippen LogP contribution is 2.32. The number of amides is 1. The lowest BCUT2D eigenvalue weighted by Gasteiger charge is -2.37. The van der Waals surface area contributed by atoms with E-state index in [1.54, 1.807) is 19.4 Å². The summed E-state index contributed by atoms with van der Waals surface area (Å²) >= 11 is 5.95. The number of halogens is 1. The largest absolute Gasteiger partial charge is 0.496 e. The number of carbonyl (C=O) groups excluding carboxylic acids is 1. The molecule has 2 aromatic heterocycles. The predicted molar refractivity (Wildman–Crippen MR) is 109 cm³/mol. The van der Waals surface area contributed by atoms with Crippen LogP contribution in [0.4, 0.5) is 0 Å². The van der Waals surface area contributed by atoms with E-state index in [1.807, 2.05) is 30.0 Å². The summed E-state index contributed by atoms with van der Waals surface area (Å²) in [5.74, 6) is 1.55. The SMILES string of the molecule is COc1cc(C)ccc1C(=O)N1CC(c2noc(-c3cc(Cl)c[nH]3)n2)CCC1C.